The number of hydrogen-bond acceptors (Lipinski definition) is 5. The van der Waals surface area contributed by atoms with Crippen LogP contribution in [-0.2, 0) is 22.5 Å². The van der Waals surface area contributed by atoms with E-state index < -0.39 is 12.3 Å². The van der Waals surface area contributed by atoms with Gasteiger partial charge in [0.25, 0.3) is 5.91 Å². The summed E-state index contributed by atoms with van der Waals surface area (Å²) in [6.45, 7) is 4.15. The van der Waals surface area contributed by atoms with Gasteiger partial charge < -0.3 is 14.5 Å². The highest BCUT2D eigenvalue weighted by Crippen LogP contribution is 2.30. The van der Waals surface area contributed by atoms with Gasteiger partial charge in [-0.25, -0.2) is 9.97 Å². The predicted molar refractivity (Wildman–Crippen MR) is 79.8 cm³/mol. The molecular formula is C14H17ClF2N4O2. The molecule has 2 aliphatic heterocycles. The molecule has 9 heteroatoms. The van der Waals surface area contributed by atoms with Crippen LogP contribution in [0.25, 0.3) is 0 Å². The van der Waals surface area contributed by atoms with E-state index in [4.69, 9.17) is 16.3 Å². The second-order valence-electron chi connectivity index (χ2n) is 5.67. The van der Waals surface area contributed by atoms with Crippen LogP contribution in [-0.4, -0.2) is 59.5 Å². The van der Waals surface area contributed by atoms with Crippen LogP contribution in [0.15, 0.2) is 0 Å². The van der Waals surface area contributed by atoms with E-state index in [0.717, 1.165) is 16.3 Å². The third-order valence-corrected chi connectivity index (χ3v) is 4.32. The number of carbonyl (C=O) groups excluding carboxylic acids is 1. The molecule has 1 atom stereocenters. The molecule has 0 aliphatic carbocycles. The van der Waals surface area contributed by atoms with Gasteiger partial charge in [0.15, 0.2) is 0 Å². The van der Waals surface area contributed by atoms with Gasteiger partial charge in [0.2, 0.25) is 5.28 Å². The lowest BCUT2D eigenvalue weighted by molar-refractivity contribution is -0.143. The number of rotatable bonds is 2. The molecule has 0 spiro atoms. The summed E-state index contributed by atoms with van der Waals surface area (Å²) < 4.78 is 30.7. The van der Waals surface area contributed by atoms with E-state index in [1.165, 1.54) is 0 Å². The quantitative estimate of drug-likeness (QED) is 0.760. The van der Waals surface area contributed by atoms with Gasteiger partial charge in [0.1, 0.15) is 5.82 Å². The first-order valence-electron chi connectivity index (χ1n) is 7.44. The van der Waals surface area contributed by atoms with E-state index in [9.17, 15) is 13.6 Å². The van der Waals surface area contributed by atoms with Gasteiger partial charge >= 0.3 is 6.43 Å². The predicted octanol–water partition coefficient (Wildman–Crippen LogP) is 1.50. The van der Waals surface area contributed by atoms with E-state index >= 15 is 0 Å². The van der Waals surface area contributed by atoms with Crippen molar-refractivity contribution >= 4 is 23.3 Å². The van der Waals surface area contributed by atoms with Gasteiger partial charge in [-0.05, 0) is 24.9 Å². The Morgan fingerprint density at radius 1 is 1.39 bits per heavy atom. The summed E-state index contributed by atoms with van der Waals surface area (Å²) in [7, 11) is 0. The molecule has 0 radical (unpaired) electrons. The maximum Gasteiger partial charge on any atom is 0.315 e. The third kappa shape index (κ3) is 3.23. The Balaban J connectivity index is 1.92. The molecular weight excluding hydrogens is 330 g/mol. The molecule has 0 N–H and O–H groups in total. The summed E-state index contributed by atoms with van der Waals surface area (Å²) in [6.07, 6.45) is -2.57. The first-order chi connectivity index (χ1) is 11.0. The van der Waals surface area contributed by atoms with Crippen molar-refractivity contribution in [3.8, 4) is 0 Å². The average molecular weight is 347 g/mol. The summed E-state index contributed by atoms with van der Waals surface area (Å²) in [4.78, 5) is 23.2. The van der Waals surface area contributed by atoms with Crippen molar-refractivity contribution in [2.24, 2.45) is 0 Å². The number of fused-ring (bicyclic) bond motifs is 1. The topological polar surface area (TPSA) is 58.6 Å². The lowest BCUT2D eigenvalue weighted by atomic mass is 10.0. The number of nitrogens with zero attached hydrogens (tertiary/aromatic N) is 4. The largest absolute Gasteiger partial charge is 0.377 e. The van der Waals surface area contributed by atoms with Crippen LogP contribution in [0.3, 0.4) is 0 Å². The number of carbonyl (C=O) groups is 1. The van der Waals surface area contributed by atoms with Crippen LogP contribution < -0.4 is 4.90 Å². The van der Waals surface area contributed by atoms with Gasteiger partial charge in [-0.3, -0.25) is 4.79 Å². The first kappa shape index (κ1) is 16.3. The van der Waals surface area contributed by atoms with Crippen molar-refractivity contribution < 1.29 is 18.3 Å². The molecule has 0 saturated carbocycles. The Kier molecular flexibility index (Phi) is 4.63. The summed E-state index contributed by atoms with van der Waals surface area (Å²) >= 11 is 6.01. The SMILES string of the molecule is C[C@H]1COCCN1c1nc(Cl)nc2c1CCN(C(=O)C(F)F)C2. The monoisotopic (exact) mass is 346 g/mol. The minimum atomic E-state index is -3.01. The van der Waals surface area contributed by atoms with Crippen molar-refractivity contribution in [3.05, 3.63) is 16.5 Å². The highest BCUT2D eigenvalue weighted by molar-refractivity contribution is 6.28. The second kappa shape index (κ2) is 6.52. The van der Waals surface area contributed by atoms with Crippen LogP contribution in [0.5, 0.6) is 0 Å². The average Bonchev–Trinajstić information content (AvgIpc) is 2.53. The fraction of sp³-hybridized carbons (Fsp3) is 0.643. The Morgan fingerprint density at radius 2 is 2.17 bits per heavy atom. The van der Waals surface area contributed by atoms with E-state index in [0.29, 0.717) is 31.9 Å². The van der Waals surface area contributed by atoms with Gasteiger partial charge in [-0.1, -0.05) is 0 Å². The molecule has 0 bridgehead atoms. The molecule has 1 aromatic rings. The highest BCUT2D eigenvalue weighted by Gasteiger charge is 2.32. The standard InChI is InChI=1S/C14H17ClF2N4O2/c1-8-7-23-5-4-21(8)12-9-2-3-20(13(22)11(16)17)6-10(9)18-14(15)19-12/h8,11H,2-7H2,1H3/t8-/m0/s1. The molecule has 6 nitrogen and oxygen atoms in total. The second-order valence-corrected chi connectivity index (χ2v) is 6.01. The van der Waals surface area contributed by atoms with E-state index in [1.54, 1.807) is 0 Å². The van der Waals surface area contributed by atoms with E-state index in [1.807, 2.05) is 6.92 Å². The first-order valence-corrected chi connectivity index (χ1v) is 7.81. The van der Waals surface area contributed by atoms with Crippen LogP contribution in [0.2, 0.25) is 5.28 Å². The molecule has 3 rings (SSSR count). The lowest BCUT2D eigenvalue weighted by Gasteiger charge is -2.37. The smallest absolute Gasteiger partial charge is 0.315 e. The number of anilines is 1. The zero-order chi connectivity index (χ0) is 16.6. The maximum absolute atomic E-state index is 12.6. The molecule has 126 valence electrons. The fourth-order valence-electron chi connectivity index (χ4n) is 2.99. The normalized spacial score (nSPS) is 21.5. The van der Waals surface area contributed by atoms with Crippen LogP contribution in [0.1, 0.15) is 18.2 Å². The van der Waals surface area contributed by atoms with Crippen LogP contribution in [0.4, 0.5) is 14.6 Å². The number of aromatic nitrogens is 2. The molecule has 1 saturated heterocycles. The van der Waals surface area contributed by atoms with Crippen LogP contribution in [0, 0.1) is 0 Å². The van der Waals surface area contributed by atoms with Crippen molar-refractivity contribution in [2.45, 2.75) is 32.4 Å². The lowest BCUT2D eigenvalue weighted by Crippen LogP contribution is -2.46. The Hall–Kier alpha value is -1.54. The van der Waals surface area contributed by atoms with Crippen LogP contribution >= 0.6 is 11.6 Å². The molecule has 2 aliphatic rings. The van der Waals surface area contributed by atoms with Gasteiger partial charge in [0, 0.05) is 18.7 Å². The number of alkyl halides is 2. The minimum absolute atomic E-state index is 0.0342. The Bertz CT molecular complexity index is 617. The van der Waals surface area contributed by atoms with Gasteiger partial charge in [0.05, 0.1) is 31.5 Å². The number of halogens is 3. The summed E-state index contributed by atoms with van der Waals surface area (Å²) in [5, 5.41) is 0.0591. The van der Waals surface area contributed by atoms with Crippen molar-refractivity contribution in [3.63, 3.8) is 0 Å². The van der Waals surface area contributed by atoms with E-state index in [2.05, 4.69) is 14.9 Å². The minimum Gasteiger partial charge on any atom is -0.377 e. The summed E-state index contributed by atoms with van der Waals surface area (Å²) in [5.41, 5.74) is 1.42. The van der Waals surface area contributed by atoms with Gasteiger partial charge in [-0.2, -0.15) is 8.78 Å². The molecule has 0 unspecified atom stereocenters. The Morgan fingerprint density at radius 3 is 2.87 bits per heavy atom. The number of ether oxygens (including phenoxy) is 1. The molecule has 0 aromatic carbocycles. The highest BCUT2D eigenvalue weighted by atomic mass is 35.5. The molecule has 1 amide bonds. The molecule has 3 heterocycles. The van der Waals surface area contributed by atoms with E-state index in [-0.39, 0.29) is 24.4 Å². The summed E-state index contributed by atoms with van der Waals surface area (Å²) in [6, 6.07) is 0.138. The number of amides is 1. The molecule has 1 aromatic heterocycles. The number of hydrogen-bond donors (Lipinski definition) is 0. The zero-order valence-corrected chi connectivity index (χ0v) is 13.4. The fourth-order valence-corrected chi connectivity index (χ4v) is 3.17. The van der Waals surface area contributed by atoms with Crippen molar-refractivity contribution in [2.75, 3.05) is 31.2 Å². The van der Waals surface area contributed by atoms with Gasteiger partial charge in [-0.15, -0.1) is 0 Å². The maximum atomic E-state index is 12.6. The molecule has 1 fully saturated rings. The molecule has 23 heavy (non-hydrogen) atoms. The zero-order valence-electron chi connectivity index (χ0n) is 12.6. The van der Waals surface area contributed by atoms with Crippen molar-refractivity contribution in [1.29, 1.82) is 0 Å². The Labute approximate surface area is 137 Å². The number of morpholine rings is 1. The van der Waals surface area contributed by atoms with Crippen molar-refractivity contribution in [1.82, 2.24) is 14.9 Å². The summed E-state index contributed by atoms with van der Waals surface area (Å²) in [5.74, 6) is -0.452. The third-order valence-electron chi connectivity index (χ3n) is 4.15.